The van der Waals surface area contributed by atoms with Gasteiger partial charge in [-0.1, -0.05) is 42.2 Å². The summed E-state index contributed by atoms with van der Waals surface area (Å²) in [4.78, 5) is 16.2. The van der Waals surface area contributed by atoms with Crippen LogP contribution in [0.3, 0.4) is 0 Å². The quantitative estimate of drug-likeness (QED) is 0.604. The number of nitrogens with zero attached hydrogens (tertiary/aromatic N) is 2. The predicted octanol–water partition coefficient (Wildman–Crippen LogP) is 2.74. The summed E-state index contributed by atoms with van der Waals surface area (Å²) in [5, 5.41) is 2.97. The molecule has 1 amide bonds. The summed E-state index contributed by atoms with van der Waals surface area (Å²) in [5.41, 5.74) is 1.20. The van der Waals surface area contributed by atoms with Crippen LogP contribution >= 0.6 is 24.0 Å². The molecule has 0 atom stereocenters. The van der Waals surface area contributed by atoms with Gasteiger partial charge in [-0.3, -0.25) is 4.79 Å². The summed E-state index contributed by atoms with van der Waals surface area (Å²) in [6.07, 6.45) is 3.35. The third kappa shape index (κ3) is 6.39. The maximum atomic E-state index is 11.9. The highest BCUT2D eigenvalue weighted by molar-refractivity contribution is 8.23. The number of likely N-dealkylation sites (tertiary alicyclic amines) is 1. The second-order valence-electron chi connectivity index (χ2n) is 5.71. The van der Waals surface area contributed by atoms with Gasteiger partial charge in [-0.05, 0) is 31.4 Å². The monoisotopic (exact) mass is 351 g/mol. The van der Waals surface area contributed by atoms with Crippen LogP contribution in [0.2, 0.25) is 0 Å². The summed E-state index contributed by atoms with van der Waals surface area (Å²) in [7, 11) is 2.07. The van der Waals surface area contributed by atoms with Crippen LogP contribution in [0, 0.1) is 0 Å². The molecular formula is C17H25N3OS2. The maximum absolute atomic E-state index is 11.9. The smallest absolute Gasteiger partial charge is 0.230 e. The van der Waals surface area contributed by atoms with E-state index in [9.17, 15) is 4.79 Å². The summed E-state index contributed by atoms with van der Waals surface area (Å²) in [6, 6.07) is 10.3. The van der Waals surface area contributed by atoms with E-state index >= 15 is 0 Å². The minimum Gasteiger partial charge on any atom is -0.375 e. The molecule has 1 fully saturated rings. The van der Waals surface area contributed by atoms with Crippen LogP contribution in [0.1, 0.15) is 19.3 Å². The molecule has 1 aromatic carbocycles. The molecule has 0 aliphatic carbocycles. The number of rotatable bonds is 7. The number of hydrogen-bond donors (Lipinski definition) is 1. The largest absolute Gasteiger partial charge is 0.375 e. The van der Waals surface area contributed by atoms with Crippen molar-refractivity contribution in [1.82, 2.24) is 10.2 Å². The molecule has 126 valence electrons. The van der Waals surface area contributed by atoms with Gasteiger partial charge < -0.3 is 15.1 Å². The molecule has 6 heteroatoms. The molecule has 2 rings (SSSR count). The molecule has 23 heavy (non-hydrogen) atoms. The van der Waals surface area contributed by atoms with Crippen LogP contribution in [-0.2, 0) is 4.79 Å². The molecule has 0 aromatic heterocycles. The molecule has 0 saturated carbocycles. The van der Waals surface area contributed by atoms with E-state index in [1.807, 2.05) is 18.2 Å². The number of anilines is 1. The lowest BCUT2D eigenvalue weighted by atomic mass is 10.3. The fourth-order valence-electron chi connectivity index (χ4n) is 2.52. The van der Waals surface area contributed by atoms with Crippen molar-refractivity contribution in [2.24, 2.45) is 0 Å². The number of carbonyl (C=O) groups excluding carboxylic acids is 1. The topological polar surface area (TPSA) is 35.6 Å². The Morgan fingerprint density at radius 3 is 2.70 bits per heavy atom. The molecule has 1 N–H and O–H groups in total. The van der Waals surface area contributed by atoms with Gasteiger partial charge in [0.1, 0.15) is 4.32 Å². The van der Waals surface area contributed by atoms with Gasteiger partial charge in [-0.2, -0.15) is 0 Å². The number of carbonyl (C=O) groups is 1. The van der Waals surface area contributed by atoms with Gasteiger partial charge in [0.05, 0.1) is 5.75 Å². The molecule has 1 aliphatic heterocycles. The van der Waals surface area contributed by atoms with Crippen molar-refractivity contribution in [2.75, 3.05) is 43.9 Å². The van der Waals surface area contributed by atoms with Crippen LogP contribution in [0.5, 0.6) is 0 Å². The zero-order valence-corrected chi connectivity index (χ0v) is 15.3. The summed E-state index contributed by atoms with van der Waals surface area (Å²) >= 11 is 6.84. The first-order chi connectivity index (χ1) is 11.2. The van der Waals surface area contributed by atoms with Gasteiger partial charge >= 0.3 is 0 Å². The number of amides is 1. The fourth-order valence-corrected chi connectivity index (χ4v) is 3.61. The van der Waals surface area contributed by atoms with Crippen LogP contribution in [0.15, 0.2) is 30.3 Å². The van der Waals surface area contributed by atoms with E-state index in [2.05, 4.69) is 34.3 Å². The SMILES string of the molecule is CN(CCCNC(=O)CSC(=S)N1CCCC1)c1ccccc1. The summed E-state index contributed by atoms with van der Waals surface area (Å²) in [6.45, 7) is 3.70. The molecule has 1 aromatic rings. The first kappa shape index (κ1) is 18.1. The Morgan fingerprint density at radius 2 is 2.00 bits per heavy atom. The molecule has 1 heterocycles. The van der Waals surface area contributed by atoms with Crippen molar-refractivity contribution in [1.29, 1.82) is 0 Å². The van der Waals surface area contributed by atoms with Crippen molar-refractivity contribution in [3.63, 3.8) is 0 Å². The van der Waals surface area contributed by atoms with Gasteiger partial charge in [0.15, 0.2) is 0 Å². The van der Waals surface area contributed by atoms with E-state index in [-0.39, 0.29) is 5.91 Å². The lowest BCUT2D eigenvalue weighted by molar-refractivity contribution is -0.118. The Labute approximate surface area is 148 Å². The van der Waals surface area contributed by atoms with E-state index in [0.717, 1.165) is 30.4 Å². The van der Waals surface area contributed by atoms with Gasteiger partial charge in [0, 0.05) is 38.9 Å². The highest BCUT2D eigenvalue weighted by Gasteiger charge is 2.15. The minimum atomic E-state index is 0.0684. The predicted molar refractivity (Wildman–Crippen MR) is 103 cm³/mol. The molecule has 1 aliphatic rings. The van der Waals surface area contributed by atoms with Gasteiger partial charge in [0.2, 0.25) is 5.91 Å². The highest BCUT2D eigenvalue weighted by Crippen LogP contribution is 2.15. The van der Waals surface area contributed by atoms with Crippen LogP contribution in [0.25, 0.3) is 0 Å². The molecule has 0 radical (unpaired) electrons. The number of hydrogen-bond acceptors (Lipinski definition) is 4. The Bertz CT molecular complexity index is 504. The highest BCUT2D eigenvalue weighted by atomic mass is 32.2. The third-order valence-electron chi connectivity index (χ3n) is 3.88. The standard InChI is InChI=1S/C17H25N3OS2/c1-19(15-8-3-2-4-9-15)11-7-10-18-16(21)14-23-17(22)20-12-5-6-13-20/h2-4,8-9H,5-7,10-14H2,1H3,(H,18,21). The minimum absolute atomic E-state index is 0.0684. The zero-order valence-electron chi connectivity index (χ0n) is 13.7. The number of para-hydroxylation sites is 1. The first-order valence-corrected chi connectivity index (χ1v) is 9.51. The molecule has 0 bridgehead atoms. The average Bonchev–Trinajstić information content (AvgIpc) is 3.12. The van der Waals surface area contributed by atoms with Crippen molar-refractivity contribution in [2.45, 2.75) is 19.3 Å². The second-order valence-corrected chi connectivity index (χ2v) is 7.32. The van der Waals surface area contributed by atoms with Gasteiger partial charge in [-0.25, -0.2) is 0 Å². The molecule has 0 unspecified atom stereocenters. The van der Waals surface area contributed by atoms with E-state index in [1.165, 1.54) is 30.3 Å². The molecule has 1 saturated heterocycles. The Morgan fingerprint density at radius 1 is 1.30 bits per heavy atom. The van der Waals surface area contributed by atoms with E-state index < -0.39 is 0 Å². The van der Waals surface area contributed by atoms with Crippen LogP contribution in [-0.4, -0.2) is 54.1 Å². The second kappa shape index (κ2) is 9.78. The maximum Gasteiger partial charge on any atom is 0.230 e. The number of benzene rings is 1. The van der Waals surface area contributed by atoms with Crippen molar-refractivity contribution in [3.05, 3.63) is 30.3 Å². The van der Waals surface area contributed by atoms with Gasteiger partial charge in [0.25, 0.3) is 0 Å². The third-order valence-corrected chi connectivity index (χ3v) is 5.40. The number of nitrogens with one attached hydrogen (secondary N) is 1. The van der Waals surface area contributed by atoms with Crippen molar-refractivity contribution in [3.8, 4) is 0 Å². The molecule has 4 nitrogen and oxygen atoms in total. The Kier molecular flexibility index (Phi) is 7.68. The number of thiocarbonyl (C=S) groups is 1. The Balaban J connectivity index is 1.55. The van der Waals surface area contributed by atoms with E-state index in [4.69, 9.17) is 12.2 Å². The van der Waals surface area contributed by atoms with Crippen LogP contribution < -0.4 is 10.2 Å². The van der Waals surface area contributed by atoms with Crippen molar-refractivity contribution >= 4 is 39.9 Å². The van der Waals surface area contributed by atoms with Crippen molar-refractivity contribution < 1.29 is 4.79 Å². The zero-order chi connectivity index (χ0) is 16.5. The first-order valence-electron chi connectivity index (χ1n) is 8.11. The fraction of sp³-hybridized carbons (Fsp3) is 0.529. The Hall–Kier alpha value is -1.27. The van der Waals surface area contributed by atoms with Gasteiger partial charge in [-0.15, -0.1) is 0 Å². The average molecular weight is 352 g/mol. The molecular weight excluding hydrogens is 326 g/mol. The van der Waals surface area contributed by atoms with E-state index in [0.29, 0.717) is 12.3 Å². The van der Waals surface area contributed by atoms with E-state index in [1.54, 1.807) is 0 Å². The number of thioether (sulfide) groups is 1. The summed E-state index contributed by atoms with van der Waals surface area (Å²) in [5.74, 6) is 0.489. The summed E-state index contributed by atoms with van der Waals surface area (Å²) < 4.78 is 0.862. The van der Waals surface area contributed by atoms with Crippen LogP contribution in [0.4, 0.5) is 5.69 Å². The molecule has 0 spiro atoms. The normalized spacial score (nSPS) is 13.9. The lowest BCUT2D eigenvalue weighted by Gasteiger charge is -2.19. The lowest BCUT2D eigenvalue weighted by Crippen LogP contribution is -2.31.